The molecule has 1 aliphatic carbocycles. The normalized spacial score (nSPS) is 20.4. The molecule has 102 valence electrons. The Morgan fingerprint density at radius 1 is 1.30 bits per heavy atom. The zero-order chi connectivity index (χ0) is 14.1. The fourth-order valence-electron chi connectivity index (χ4n) is 2.19. The van der Waals surface area contributed by atoms with Gasteiger partial charge < -0.3 is 16.8 Å². The summed E-state index contributed by atoms with van der Waals surface area (Å²) in [6.07, 6.45) is 2.88. The molecule has 1 aromatic carbocycles. The fourth-order valence-corrected chi connectivity index (χ4v) is 2.19. The molecule has 1 saturated carbocycles. The number of nitrogens with zero attached hydrogens (tertiary/aromatic N) is 1. The number of amides is 1. The van der Waals surface area contributed by atoms with Crippen molar-refractivity contribution in [2.24, 2.45) is 11.5 Å². The van der Waals surface area contributed by atoms with Crippen molar-refractivity contribution in [1.82, 2.24) is 4.98 Å². The molecule has 0 aliphatic heterocycles. The summed E-state index contributed by atoms with van der Waals surface area (Å²) >= 11 is 0. The van der Waals surface area contributed by atoms with Crippen LogP contribution in [0.15, 0.2) is 42.6 Å². The maximum atomic E-state index is 11.1. The number of nitrogens with two attached hydrogens (primary N) is 2. The number of benzene rings is 1. The van der Waals surface area contributed by atoms with Crippen LogP contribution in [-0.4, -0.2) is 16.9 Å². The molecule has 5 N–H and O–H groups in total. The largest absolute Gasteiger partial charge is 0.366 e. The molecule has 20 heavy (non-hydrogen) atoms. The van der Waals surface area contributed by atoms with Crippen molar-refractivity contribution in [2.45, 2.75) is 18.4 Å². The van der Waals surface area contributed by atoms with Crippen LogP contribution >= 0.6 is 0 Å². The molecule has 1 heterocycles. The van der Waals surface area contributed by atoms with Crippen molar-refractivity contribution in [1.29, 1.82) is 0 Å². The van der Waals surface area contributed by atoms with Crippen LogP contribution in [0.5, 0.6) is 0 Å². The van der Waals surface area contributed by atoms with Gasteiger partial charge in [0.1, 0.15) is 5.82 Å². The molecule has 1 fully saturated rings. The number of aromatic nitrogens is 1. The van der Waals surface area contributed by atoms with E-state index in [0.29, 0.717) is 11.5 Å². The first kappa shape index (κ1) is 12.6. The molecule has 3 rings (SSSR count). The van der Waals surface area contributed by atoms with E-state index in [9.17, 15) is 4.79 Å². The van der Waals surface area contributed by atoms with Gasteiger partial charge in [-0.05, 0) is 36.2 Å². The first-order valence-corrected chi connectivity index (χ1v) is 6.52. The minimum absolute atomic E-state index is 0.280. The molecule has 2 aromatic rings. The molecule has 0 spiro atoms. The molecular weight excluding hydrogens is 252 g/mol. The van der Waals surface area contributed by atoms with Crippen LogP contribution in [0, 0.1) is 0 Å². The topological polar surface area (TPSA) is 94.0 Å². The third-order valence-corrected chi connectivity index (χ3v) is 3.47. The van der Waals surface area contributed by atoms with Gasteiger partial charge in [0.2, 0.25) is 5.91 Å². The van der Waals surface area contributed by atoms with E-state index < -0.39 is 5.91 Å². The standard InChI is InChI=1S/C15H16N4O/c16-13-7-12(13)10-4-5-14(18-8-10)19-11-3-1-2-9(6-11)15(17)20/h1-6,8,12-13H,7,16H2,(H2,17,20)(H,18,19)/t12-,13+/m1/s1. The lowest BCUT2D eigenvalue weighted by Crippen LogP contribution is -2.10. The molecule has 1 aliphatic rings. The molecule has 1 aromatic heterocycles. The summed E-state index contributed by atoms with van der Waals surface area (Å²) in [5.74, 6) is 0.735. The summed E-state index contributed by atoms with van der Waals surface area (Å²) in [5, 5.41) is 3.15. The number of anilines is 2. The maximum Gasteiger partial charge on any atom is 0.248 e. The highest BCUT2D eigenvalue weighted by Crippen LogP contribution is 2.38. The van der Waals surface area contributed by atoms with Crippen LogP contribution in [-0.2, 0) is 0 Å². The lowest BCUT2D eigenvalue weighted by atomic mass is 10.2. The van der Waals surface area contributed by atoms with Crippen LogP contribution < -0.4 is 16.8 Å². The van der Waals surface area contributed by atoms with E-state index in [1.165, 1.54) is 5.56 Å². The zero-order valence-corrected chi connectivity index (χ0v) is 10.9. The summed E-state index contributed by atoms with van der Waals surface area (Å²) in [7, 11) is 0. The van der Waals surface area contributed by atoms with E-state index in [4.69, 9.17) is 11.5 Å². The molecule has 0 saturated heterocycles. The Kier molecular flexibility index (Phi) is 3.12. The minimum atomic E-state index is -0.445. The average molecular weight is 268 g/mol. The Bertz CT molecular complexity index is 639. The summed E-state index contributed by atoms with van der Waals surface area (Å²) in [6, 6.07) is 11.2. The maximum absolute atomic E-state index is 11.1. The summed E-state index contributed by atoms with van der Waals surface area (Å²) in [5.41, 5.74) is 13.5. The molecular formula is C15H16N4O. The van der Waals surface area contributed by atoms with Crippen molar-refractivity contribution >= 4 is 17.4 Å². The average Bonchev–Trinajstić information content (AvgIpc) is 3.17. The minimum Gasteiger partial charge on any atom is -0.366 e. The van der Waals surface area contributed by atoms with Gasteiger partial charge in [-0.3, -0.25) is 4.79 Å². The highest BCUT2D eigenvalue weighted by Gasteiger charge is 2.34. The summed E-state index contributed by atoms with van der Waals surface area (Å²) in [4.78, 5) is 15.5. The van der Waals surface area contributed by atoms with Crippen LogP contribution in [0.4, 0.5) is 11.5 Å². The molecule has 2 atom stereocenters. The smallest absolute Gasteiger partial charge is 0.248 e. The highest BCUT2D eigenvalue weighted by atomic mass is 16.1. The molecule has 1 amide bonds. The summed E-state index contributed by atoms with van der Waals surface area (Å²) in [6.45, 7) is 0. The van der Waals surface area contributed by atoms with Crippen molar-refractivity contribution in [3.05, 3.63) is 53.7 Å². The first-order chi connectivity index (χ1) is 9.63. The molecule has 0 unspecified atom stereocenters. The van der Waals surface area contributed by atoms with Crippen LogP contribution in [0.3, 0.4) is 0 Å². The van der Waals surface area contributed by atoms with Crippen molar-refractivity contribution in [3.8, 4) is 0 Å². The van der Waals surface area contributed by atoms with Gasteiger partial charge in [-0.1, -0.05) is 12.1 Å². The van der Waals surface area contributed by atoms with Gasteiger partial charge in [-0.15, -0.1) is 0 Å². The number of primary amides is 1. The Hall–Kier alpha value is -2.40. The number of hydrogen-bond acceptors (Lipinski definition) is 4. The van der Waals surface area contributed by atoms with E-state index in [0.717, 1.165) is 17.9 Å². The number of pyridine rings is 1. The molecule has 5 heteroatoms. The Morgan fingerprint density at radius 3 is 2.70 bits per heavy atom. The fraction of sp³-hybridized carbons (Fsp3) is 0.200. The van der Waals surface area contributed by atoms with E-state index >= 15 is 0 Å². The number of rotatable bonds is 4. The van der Waals surface area contributed by atoms with Gasteiger partial charge >= 0.3 is 0 Å². The monoisotopic (exact) mass is 268 g/mol. The van der Waals surface area contributed by atoms with Gasteiger partial charge in [0.05, 0.1) is 0 Å². The van der Waals surface area contributed by atoms with E-state index in [2.05, 4.69) is 10.3 Å². The number of carbonyl (C=O) groups excluding carboxylic acids is 1. The molecule has 0 bridgehead atoms. The lowest BCUT2D eigenvalue weighted by Gasteiger charge is -2.07. The second-order valence-corrected chi connectivity index (χ2v) is 5.05. The van der Waals surface area contributed by atoms with Crippen molar-refractivity contribution in [3.63, 3.8) is 0 Å². The van der Waals surface area contributed by atoms with E-state index in [1.54, 1.807) is 18.2 Å². The van der Waals surface area contributed by atoms with Gasteiger partial charge in [-0.2, -0.15) is 0 Å². The van der Waals surface area contributed by atoms with Gasteiger partial charge in [0.15, 0.2) is 0 Å². The Balaban J connectivity index is 1.74. The van der Waals surface area contributed by atoms with E-state index in [1.807, 2.05) is 24.4 Å². The number of nitrogens with one attached hydrogen (secondary N) is 1. The van der Waals surface area contributed by atoms with E-state index in [-0.39, 0.29) is 6.04 Å². The Labute approximate surface area is 117 Å². The van der Waals surface area contributed by atoms with Crippen molar-refractivity contribution in [2.75, 3.05) is 5.32 Å². The SMILES string of the molecule is NC(=O)c1cccc(Nc2ccc([C@H]3C[C@@H]3N)cn2)c1. The lowest BCUT2D eigenvalue weighted by molar-refractivity contribution is 0.100. The second kappa shape index (κ2) is 4.94. The third-order valence-electron chi connectivity index (χ3n) is 3.47. The quantitative estimate of drug-likeness (QED) is 0.787. The summed E-state index contributed by atoms with van der Waals surface area (Å²) < 4.78 is 0. The molecule has 0 radical (unpaired) electrons. The van der Waals surface area contributed by atoms with Crippen molar-refractivity contribution < 1.29 is 4.79 Å². The zero-order valence-electron chi connectivity index (χ0n) is 10.9. The first-order valence-electron chi connectivity index (χ1n) is 6.52. The van der Waals surface area contributed by atoms with Gasteiger partial charge in [0, 0.05) is 29.4 Å². The number of carbonyl (C=O) groups is 1. The van der Waals surface area contributed by atoms with Gasteiger partial charge in [-0.25, -0.2) is 4.98 Å². The highest BCUT2D eigenvalue weighted by molar-refractivity contribution is 5.93. The third kappa shape index (κ3) is 2.62. The van der Waals surface area contributed by atoms with Gasteiger partial charge in [0.25, 0.3) is 0 Å². The molecule has 5 nitrogen and oxygen atoms in total. The second-order valence-electron chi connectivity index (χ2n) is 5.05. The van der Waals surface area contributed by atoms with Crippen LogP contribution in [0.25, 0.3) is 0 Å². The van der Waals surface area contributed by atoms with Crippen LogP contribution in [0.2, 0.25) is 0 Å². The number of hydrogen-bond donors (Lipinski definition) is 3. The van der Waals surface area contributed by atoms with Crippen LogP contribution in [0.1, 0.15) is 28.3 Å². The Morgan fingerprint density at radius 2 is 2.10 bits per heavy atom. The predicted molar refractivity (Wildman–Crippen MR) is 77.8 cm³/mol. The predicted octanol–water partition coefficient (Wildman–Crippen LogP) is 1.74.